The highest BCUT2D eigenvalue weighted by atomic mass is 32.2. The van der Waals surface area contributed by atoms with E-state index in [1.807, 2.05) is 39.8 Å². The third-order valence-corrected chi connectivity index (χ3v) is 3.73. The molecule has 0 saturated heterocycles. The highest BCUT2D eigenvalue weighted by Gasteiger charge is 2.22. The van der Waals surface area contributed by atoms with Crippen LogP contribution in [-0.4, -0.2) is 46.4 Å². The normalized spacial score (nSPS) is 14.6. The minimum absolute atomic E-state index is 0.0237. The minimum Gasteiger partial charge on any atom is -0.414 e. The monoisotopic (exact) mass is 300 g/mol. The van der Waals surface area contributed by atoms with Crippen LogP contribution in [0.25, 0.3) is 0 Å². The van der Waals surface area contributed by atoms with Crippen LogP contribution in [0.1, 0.15) is 46.0 Å². The van der Waals surface area contributed by atoms with Crippen molar-refractivity contribution in [2.75, 3.05) is 14.1 Å². The van der Waals surface area contributed by atoms with Gasteiger partial charge in [-0.25, -0.2) is 0 Å². The van der Waals surface area contributed by atoms with Crippen LogP contribution < -0.4 is 5.32 Å². The van der Waals surface area contributed by atoms with Gasteiger partial charge in [-0.15, -0.1) is 10.2 Å². The number of aromatic nitrogens is 2. The van der Waals surface area contributed by atoms with Gasteiger partial charge in [-0.3, -0.25) is 9.69 Å². The molecule has 114 valence electrons. The molecule has 0 aliphatic rings. The van der Waals surface area contributed by atoms with Crippen molar-refractivity contribution in [2.24, 2.45) is 0 Å². The number of carbonyl (C=O) groups is 1. The predicted octanol–water partition coefficient (Wildman–Crippen LogP) is 2.09. The van der Waals surface area contributed by atoms with Gasteiger partial charge in [-0.05, 0) is 41.3 Å². The first-order valence-corrected chi connectivity index (χ1v) is 7.70. The topological polar surface area (TPSA) is 71.3 Å². The molecule has 0 unspecified atom stereocenters. The number of carbonyl (C=O) groups excluding carboxylic acids is 1. The molecule has 2 atom stereocenters. The number of hydrogen-bond donors (Lipinski definition) is 1. The van der Waals surface area contributed by atoms with Gasteiger partial charge in [-0.2, -0.15) is 0 Å². The molecule has 0 fully saturated rings. The summed E-state index contributed by atoms with van der Waals surface area (Å²) < 4.78 is 5.64. The van der Waals surface area contributed by atoms with Gasteiger partial charge in [0.1, 0.15) is 0 Å². The van der Waals surface area contributed by atoms with E-state index in [9.17, 15) is 4.79 Å². The van der Waals surface area contributed by atoms with Crippen LogP contribution in [0.15, 0.2) is 9.64 Å². The zero-order valence-electron chi connectivity index (χ0n) is 13.0. The Bertz CT molecular complexity index is 434. The van der Waals surface area contributed by atoms with Crippen LogP contribution >= 0.6 is 11.8 Å². The van der Waals surface area contributed by atoms with E-state index < -0.39 is 0 Å². The number of nitrogens with zero attached hydrogens (tertiary/aromatic N) is 3. The quantitative estimate of drug-likeness (QED) is 0.777. The van der Waals surface area contributed by atoms with Crippen molar-refractivity contribution in [2.45, 2.75) is 56.7 Å². The summed E-state index contributed by atoms with van der Waals surface area (Å²) in [5.41, 5.74) is 0. The smallest absolute Gasteiger partial charge is 0.277 e. The lowest BCUT2D eigenvalue weighted by molar-refractivity contribution is -0.120. The summed E-state index contributed by atoms with van der Waals surface area (Å²) in [7, 11) is 3.95. The first-order valence-electron chi connectivity index (χ1n) is 6.82. The van der Waals surface area contributed by atoms with Crippen LogP contribution in [0.2, 0.25) is 0 Å². The highest BCUT2D eigenvalue weighted by Crippen LogP contribution is 2.26. The van der Waals surface area contributed by atoms with Crippen molar-refractivity contribution >= 4 is 17.7 Å². The van der Waals surface area contributed by atoms with Crippen molar-refractivity contribution < 1.29 is 9.21 Å². The third-order valence-electron chi connectivity index (χ3n) is 2.79. The van der Waals surface area contributed by atoms with Crippen LogP contribution in [0.3, 0.4) is 0 Å². The van der Waals surface area contributed by atoms with Gasteiger partial charge in [0.15, 0.2) is 0 Å². The van der Waals surface area contributed by atoms with E-state index >= 15 is 0 Å². The molecule has 1 rings (SSSR count). The Morgan fingerprint density at radius 1 is 1.35 bits per heavy atom. The van der Waals surface area contributed by atoms with E-state index in [1.165, 1.54) is 11.8 Å². The summed E-state index contributed by atoms with van der Waals surface area (Å²) in [5, 5.41) is 11.1. The Hall–Kier alpha value is -1.08. The van der Waals surface area contributed by atoms with Gasteiger partial charge in [0, 0.05) is 6.04 Å². The summed E-state index contributed by atoms with van der Waals surface area (Å²) in [5.74, 6) is 0.570. The molecular weight excluding hydrogens is 276 g/mol. The molecule has 1 aromatic rings. The molecule has 0 bridgehead atoms. The summed E-state index contributed by atoms with van der Waals surface area (Å²) in [4.78, 5) is 13.9. The van der Waals surface area contributed by atoms with E-state index in [4.69, 9.17) is 4.42 Å². The summed E-state index contributed by atoms with van der Waals surface area (Å²) in [6.45, 7) is 7.77. The number of thioether (sulfide) groups is 1. The van der Waals surface area contributed by atoms with E-state index in [1.54, 1.807) is 0 Å². The fourth-order valence-electron chi connectivity index (χ4n) is 1.77. The molecule has 0 spiro atoms. The molecule has 0 aliphatic heterocycles. The van der Waals surface area contributed by atoms with Gasteiger partial charge in [0.2, 0.25) is 11.8 Å². The lowest BCUT2D eigenvalue weighted by atomic mass is 10.2. The lowest BCUT2D eigenvalue weighted by Gasteiger charge is -2.18. The molecule has 1 aromatic heterocycles. The van der Waals surface area contributed by atoms with Gasteiger partial charge < -0.3 is 9.73 Å². The first kappa shape index (κ1) is 17.0. The molecule has 7 heteroatoms. The summed E-state index contributed by atoms with van der Waals surface area (Å²) >= 11 is 1.28. The standard InChI is InChI=1S/C13H24N4O2S/c1-7-10(17(5)6)12-15-16-13(19-12)20-9(4)11(18)14-8(2)3/h8-10H,7H2,1-6H3,(H,14,18)/t9-,10-/m0/s1. The number of rotatable bonds is 7. The second-order valence-electron chi connectivity index (χ2n) is 5.22. The molecule has 0 aromatic carbocycles. The van der Waals surface area contributed by atoms with E-state index in [0.717, 1.165) is 6.42 Å². The van der Waals surface area contributed by atoms with Crippen LogP contribution in [0.4, 0.5) is 0 Å². The zero-order chi connectivity index (χ0) is 15.3. The molecule has 1 amide bonds. The van der Waals surface area contributed by atoms with E-state index in [0.29, 0.717) is 11.1 Å². The zero-order valence-corrected chi connectivity index (χ0v) is 13.8. The molecular formula is C13H24N4O2S. The minimum atomic E-state index is -0.259. The Morgan fingerprint density at radius 3 is 2.50 bits per heavy atom. The third kappa shape index (κ3) is 4.79. The second kappa shape index (κ2) is 7.64. The Kier molecular flexibility index (Phi) is 6.48. The van der Waals surface area contributed by atoms with Crippen molar-refractivity contribution in [3.8, 4) is 0 Å². The van der Waals surface area contributed by atoms with Gasteiger partial charge in [0.25, 0.3) is 5.22 Å². The highest BCUT2D eigenvalue weighted by molar-refractivity contribution is 8.00. The molecule has 6 nitrogen and oxygen atoms in total. The maximum absolute atomic E-state index is 11.8. The molecule has 0 radical (unpaired) electrons. The predicted molar refractivity (Wildman–Crippen MR) is 79.6 cm³/mol. The van der Waals surface area contributed by atoms with Gasteiger partial charge in [-0.1, -0.05) is 18.7 Å². The molecule has 1 N–H and O–H groups in total. The number of amides is 1. The SMILES string of the molecule is CC[C@@H](c1nnc(S[C@@H](C)C(=O)NC(C)C)o1)N(C)C. The van der Waals surface area contributed by atoms with Gasteiger partial charge >= 0.3 is 0 Å². The maximum Gasteiger partial charge on any atom is 0.277 e. The van der Waals surface area contributed by atoms with Crippen LogP contribution in [-0.2, 0) is 4.79 Å². The first-order chi connectivity index (χ1) is 9.35. The fraction of sp³-hybridized carbons (Fsp3) is 0.769. The molecule has 1 heterocycles. The fourth-order valence-corrected chi connectivity index (χ4v) is 2.47. The van der Waals surface area contributed by atoms with Crippen LogP contribution in [0.5, 0.6) is 0 Å². The largest absolute Gasteiger partial charge is 0.414 e. The Morgan fingerprint density at radius 2 is 2.00 bits per heavy atom. The molecule has 20 heavy (non-hydrogen) atoms. The lowest BCUT2D eigenvalue weighted by Crippen LogP contribution is -2.35. The second-order valence-corrected chi connectivity index (χ2v) is 6.51. The summed E-state index contributed by atoms with van der Waals surface area (Å²) in [6.07, 6.45) is 0.892. The van der Waals surface area contributed by atoms with Crippen molar-refractivity contribution in [1.82, 2.24) is 20.4 Å². The van der Waals surface area contributed by atoms with Crippen molar-refractivity contribution in [1.29, 1.82) is 0 Å². The molecule has 0 aliphatic carbocycles. The van der Waals surface area contributed by atoms with E-state index in [-0.39, 0.29) is 23.2 Å². The van der Waals surface area contributed by atoms with E-state index in [2.05, 4.69) is 22.4 Å². The average Bonchev–Trinajstić information content (AvgIpc) is 2.76. The summed E-state index contributed by atoms with van der Waals surface area (Å²) in [6, 6.07) is 0.235. The van der Waals surface area contributed by atoms with Crippen molar-refractivity contribution in [3.05, 3.63) is 5.89 Å². The number of nitrogens with one attached hydrogen (secondary N) is 1. The van der Waals surface area contributed by atoms with Gasteiger partial charge in [0.05, 0.1) is 11.3 Å². The molecule has 0 saturated carbocycles. The average molecular weight is 300 g/mol. The maximum atomic E-state index is 11.8. The Labute approximate surface area is 124 Å². The number of hydrogen-bond acceptors (Lipinski definition) is 6. The Balaban J connectivity index is 2.66. The van der Waals surface area contributed by atoms with Crippen LogP contribution in [0, 0.1) is 0 Å². The van der Waals surface area contributed by atoms with Crippen molar-refractivity contribution in [3.63, 3.8) is 0 Å².